The van der Waals surface area contributed by atoms with E-state index >= 15 is 0 Å². The van der Waals surface area contributed by atoms with Crippen LogP contribution in [0.15, 0.2) is 30.3 Å². The largest absolute Gasteiger partial charge is 0.407 e. The number of benzene rings is 1. The van der Waals surface area contributed by atoms with Crippen LogP contribution in [0.1, 0.15) is 45.2 Å². The van der Waals surface area contributed by atoms with Gasteiger partial charge in [0.05, 0.1) is 5.54 Å². The first-order valence-electron chi connectivity index (χ1n) is 7.25. The summed E-state index contributed by atoms with van der Waals surface area (Å²) in [7, 11) is 0. The Morgan fingerprint density at radius 2 is 1.68 bits per heavy atom. The molecule has 1 aromatic carbocycles. The molecule has 0 aromatic heterocycles. The number of alkyl halides is 3. The van der Waals surface area contributed by atoms with Gasteiger partial charge in [0.25, 0.3) is 0 Å². The fraction of sp³-hybridized carbons (Fsp3) is 0.562. The summed E-state index contributed by atoms with van der Waals surface area (Å²) in [5.41, 5.74) is -1.48. The smallest absolute Gasteiger partial charge is 0.350 e. The molecular formula is C16H21F3N2O. The molecule has 0 heterocycles. The van der Waals surface area contributed by atoms with Crippen LogP contribution >= 0.6 is 0 Å². The topological polar surface area (TPSA) is 41.1 Å². The molecule has 6 heteroatoms. The molecule has 1 aliphatic rings. The van der Waals surface area contributed by atoms with Gasteiger partial charge in [0.2, 0.25) is 5.91 Å². The van der Waals surface area contributed by atoms with Gasteiger partial charge in [-0.05, 0) is 39.2 Å². The van der Waals surface area contributed by atoms with E-state index in [-0.39, 0.29) is 11.5 Å². The van der Waals surface area contributed by atoms with Gasteiger partial charge >= 0.3 is 6.18 Å². The van der Waals surface area contributed by atoms with Crippen LogP contribution in [0, 0.1) is 0 Å². The molecule has 1 atom stereocenters. The Labute approximate surface area is 128 Å². The van der Waals surface area contributed by atoms with Crippen molar-refractivity contribution in [2.24, 2.45) is 0 Å². The van der Waals surface area contributed by atoms with Gasteiger partial charge in [-0.15, -0.1) is 0 Å². The quantitative estimate of drug-likeness (QED) is 0.895. The van der Waals surface area contributed by atoms with Crippen LogP contribution in [0.5, 0.6) is 0 Å². The first-order valence-corrected chi connectivity index (χ1v) is 7.25. The summed E-state index contributed by atoms with van der Waals surface area (Å²) in [6, 6.07) is 5.78. The van der Waals surface area contributed by atoms with Crippen LogP contribution in [0.3, 0.4) is 0 Å². The lowest BCUT2D eigenvalue weighted by molar-refractivity contribution is -0.162. The van der Waals surface area contributed by atoms with Gasteiger partial charge in [-0.2, -0.15) is 13.2 Å². The molecule has 1 aromatic rings. The molecule has 0 bridgehead atoms. The second kappa shape index (κ2) is 5.57. The number of rotatable bonds is 4. The zero-order valence-electron chi connectivity index (χ0n) is 12.9. The van der Waals surface area contributed by atoms with E-state index in [1.807, 2.05) is 0 Å². The molecule has 122 valence electrons. The molecule has 0 saturated heterocycles. The van der Waals surface area contributed by atoms with Gasteiger partial charge in [-0.1, -0.05) is 30.3 Å². The monoisotopic (exact) mass is 314 g/mol. The number of hydrogen-bond acceptors (Lipinski definition) is 2. The van der Waals surface area contributed by atoms with E-state index in [2.05, 4.69) is 10.6 Å². The minimum Gasteiger partial charge on any atom is -0.350 e. The molecule has 0 radical (unpaired) electrons. The highest BCUT2D eigenvalue weighted by molar-refractivity contribution is 5.89. The first-order chi connectivity index (χ1) is 10.0. The van der Waals surface area contributed by atoms with Gasteiger partial charge < -0.3 is 5.32 Å². The fourth-order valence-corrected chi connectivity index (χ4v) is 2.30. The predicted molar refractivity (Wildman–Crippen MR) is 78.2 cm³/mol. The summed E-state index contributed by atoms with van der Waals surface area (Å²) in [5.74, 6) is -0.370. The van der Waals surface area contributed by atoms with Crippen molar-refractivity contribution in [3.05, 3.63) is 35.9 Å². The minimum atomic E-state index is -4.46. The van der Waals surface area contributed by atoms with Crippen molar-refractivity contribution in [1.82, 2.24) is 10.6 Å². The molecule has 3 nitrogen and oxygen atoms in total. The Hall–Kier alpha value is -1.56. The van der Waals surface area contributed by atoms with Crippen molar-refractivity contribution >= 4 is 5.91 Å². The lowest BCUT2D eigenvalue weighted by Gasteiger charge is -2.30. The summed E-state index contributed by atoms with van der Waals surface area (Å²) in [6.45, 7) is 5.41. The SMILES string of the molecule is CC(C)(C)NC(=O)C1(NC(c2ccccc2)C(F)(F)F)CC1. The van der Waals surface area contributed by atoms with E-state index < -0.39 is 23.3 Å². The second-order valence-electron chi connectivity index (χ2n) is 6.82. The van der Waals surface area contributed by atoms with Crippen LogP contribution in [0.2, 0.25) is 0 Å². The summed E-state index contributed by atoms with van der Waals surface area (Å²) >= 11 is 0. The van der Waals surface area contributed by atoms with E-state index in [9.17, 15) is 18.0 Å². The summed E-state index contributed by atoms with van der Waals surface area (Å²) in [4.78, 5) is 12.3. The van der Waals surface area contributed by atoms with Gasteiger partial charge in [0.15, 0.2) is 0 Å². The van der Waals surface area contributed by atoms with Crippen molar-refractivity contribution in [2.45, 2.75) is 56.9 Å². The highest BCUT2D eigenvalue weighted by Gasteiger charge is 2.55. The van der Waals surface area contributed by atoms with Crippen LogP contribution < -0.4 is 10.6 Å². The van der Waals surface area contributed by atoms with Crippen molar-refractivity contribution in [1.29, 1.82) is 0 Å². The lowest BCUT2D eigenvalue weighted by Crippen LogP contribution is -2.55. The van der Waals surface area contributed by atoms with E-state index in [0.717, 1.165) is 0 Å². The molecule has 2 N–H and O–H groups in total. The highest BCUT2D eigenvalue weighted by atomic mass is 19.4. The normalized spacial score (nSPS) is 18.6. The molecule has 1 unspecified atom stereocenters. The number of halogens is 3. The first kappa shape index (κ1) is 16.8. The molecule has 0 spiro atoms. The Morgan fingerprint density at radius 3 is 2.09 bits per heavy atom. The maximum absolute atomic E-state index is 13.4. The predicted octanol–water partition coefficient (Wildman–Crippen LogP) is 3.33. The Morgan fingerprint density at radius 1 is 1.14 bits per heavy atom. The minimum absolute atomic E-state index is 0.116. The Kier molecular flexibility index (Phi) is 4.26. The van der Waals surface area contributed by atoms with Crippen LogP contribution in [-0.2, 0) is 4.79 Å². The average Bonchev–Trinajstić information content (AvgIpc) is 3.15. The van der Waals surface area contributed by atoms with Gasteiger partial charge in [0.1, 0.15) is 6.04 Å². The summed E-state index contributed by atoms with van der Waals surface area (Å²) < 4.78 is 40.1. The molecular weight excluding hydrogens is 293 g/mol. The highest BCUT2D eigenvalue weighted by Crippen LogP contribution is 2.42. The van der Waals surface area contributed by atoms with Crippen molar-refractivity contribution in [3.8, 4) is 0 Å². The van der Waals surface area contributed by atoms with E-state index in [0.29, 0.717) is 12.8 Å². The number of carbonyl (C=O) groups is 1. The van der Waals surface area contributed by atoms with E-state index in [1.54, 1.807) is 39.0 Å². The maximum Gasteiger partial charge on any atom is 0.407 e. The van der Waals surface area contributed by atoms with Gasteiger partial charge in [0, 0.05) is 5.54 Å². The molecule has 1 saturated carbocycles. The van der Waals surface area contributed by atoms with Crippen molar-refractivity contribution < 1.29 is 18.0 Å². The van der Waals surface area contributed by atoms with E-state index in [1.165, 1.54) is 12.1 Å². The summed E-state index contributed by atoms with van der Waals surface area (Å²) in [5, 5.41) is 5.31. The molecule has 0 aliphatic heterocycles. The molecule has 1 fully saturated rings. The van der Waals surface area contributed by atoms with Gasteiger partial charge in [-0.3, -0.25) is 10.1 Å². The maximum atomic E-state index is 13.4. The number of amides is 1. The van der Waals surface area contributed by atoms with Crippen LogP contribution in [0.4, 0.5) is 13.2 Å². The van der Waals surface area contributed by atoms with Crippen LogP contribution in [0.25, 0.3) is 0 Å². The zero-order chi connectivity index (χ0) is 16.6. The second-order valence-corrected chi connectivity index (χ2v) is 6.82. The third-order valence-corrected chi connectivity index (χ3v) is 3.55. The van der Waals surface area contributed by atoms with E-state index in [4.69, 9.17) is 0 Å². The third-order valence-electron chi connectivity index (χ3n) is 3.55. The van der Waals surface area contributed by atoms with Crippen LogP contribution in [-0.4, -0.2) is 23.2 Å². The van der Waals surface area contributed by atoms with Gasteiger partial charge in [-0.25, -0.2) is 0 Å². The standard InChI is InChI=1S/C16H21F3N2O/c1-14(2,3)21-13(22)15(9-10-15)20-12(16(17,18)19)11-7-5-4-6-8-11/h4-8,12,20H,9-10H2,1-3H3,(H,21,22). The summed E-state index contributed by atoms with van der Waals surface area (Å²) in [6.07, 6.45) is -3.64. The Balaban J connectivity index is 2.20. The molecule has 22 heavy (non-hydrogen) atoms. The third kappa shape index (κ3) is 4.00. The lowest BCUT2D eigenvalue weighted by atomic mass is 10.0. The average molecular weight is 314 g/mol. The number of carbonyl (C=O) groups excluding carboxylic acids is 1. The van der Waals surface area contributed by atoms with Crippen molar-refractivity contribution in [3.63, 3.8) is 0 Å². The molecule has 1 aliphatic carbocycles. The van der Waals surface area contributed by atoms with Crippen molar-refractivity contribution in [2.75, 3.05) is 0 Å². The Bertz CT molecular complexity index is 531. The molecule has 2 rings (SSSR count). The zero-order valence-corrected chi connectivity index (χ0v) is 12.9. The molecule has 1 amide bonds. The number of nitrogens with one attached hydrogen (secondary N) is 2. The number of hydrogen-bond donors (Lipinski definition) is 2. The fourth-order valence-electron chi connectivity index (χ4n) is 2.30.